The highest BCUT2D eigenvalue weighted by molar-refractivity contribution is 5.13. The average molecular weight is 291 g/mol. The van der Waals surface area contributed by atoms with Gasteiger partial charge in [0.05, 0.1) is 0 Å². The number of hydrogen-bond donors (Lipinski definition) is 0. The van der Waals surface area contributed by atoms with Crippen LogP contribution in [0.5, 0.6) is 0 Å². The Balaban J connectivity index is 1.71. The fourth-order valence-corrected chi connectivity index (χ4v) is 4.47. The third-order valence-corrected chi connectivity index (χ3v) is 5.83. The first kappa shape index (κ1) is 16.5. The van der Waals surface area contributed by atoms with Crippen LogP contribution in [-0.2, 0) is 0 Å². The predicted molar refractivity (Wildman–Crippen MR) is 85.2 cm³/mol. The van der Waals surface area contributed by atoms with Crippen molar-refractivity contribution >= 4 is 0 Å². The summed E-state index contributed by atoms with van der Waals surface area (Å²) in [5.41, 5.74) is 0. The van der Waals surface area contributed by atoms with Crippen molar-refractivity contribution in [2.45, 2.75) is 77.6 Å². The van der Waals surface area contributed by atoms with E-state index in [1.165, 1.54) is 57.8 Å². The van der Waals surface area contributed by atoms with Gasteiger partial charge in [0.25, 0.3) is 0 Å². The fourth-order valence-electron chi connectivity index (χ4n) is 4.47. The Morgan fingerprint density at radius 3 is 2.14 bits per heavy atom. The van der Waals surface area contributed by atoms with E-state index in [1.54, 1.807) is 12.1 Å². The first-order valence-corrected chi connectivity index (χ1v) is 9.00. The van der Waals surface area contributed by atoms with E-state index < -0.39 is 5.83 Å². The van der Waals surface area contributed by atoms with Gasteiger partial charge in [0, 0.05) is 0 Å². The van der Waals surface area contributed by atoms with E-state index in [4.69, 9.17) is 5.26 Å². The number of rotatable bonds is 5. The minimum Gasteiger partial charge on any atom is -0.195 e. The molecule has 0 atom stereocenters. The maximum atomic E-state index is 13.0. The molecule has 0 aromatic heterocycles. The zero-order valence-electron chi connectivity index (χ0n) is 13.5. The van der Waals surface area contributed by atoms with E-state index in [1.807, 2.05) is 0 Å². The summed E-state index contributed by atoms with van der Waals surface area (Å²) in [6.45, 7) is 2.29. The van der Waals surface area contributed by atoms with E-state index in [2.05, 4.69) is 6.92 Å². The van der Waals surface area contributed by atoms with Crippen molar-refractivity contribution in [3.63, 3.8) is 0 Å². The number of halogens is 1. The molecule has 0 saturated heterocycles. The van der Waals surface area contributed by atoms with Gasteiger partial charge in [-0.25, -0.2) is 0 Å². The van der Waals surface area contributed by atoms with Crippen LogP contribution in [0.1, 0.15) is 77.6 Å². The SMILES string of the molecule is CCCC[C@H]1CC[C@H]([C@H]2CC[C@H](C=C(F)C#N)CC2)CC1. The highest BCUT2D eigenvalue weighted by atomic mass is 19.1. The first-order chi connectivity index (χ1) is 10.2. The van der Waals surface area contributed by atoms with Gasteiger partial charge < -0.3 is 0 Å². The van der Waals surface area contributed by atoms with Crippen LogP contribution in [0.4, 0.5) is 4.39 Å². The van der Waals surface area contributed by atoms with E-state index in [0.717, 1.165) is 30.6 Å². The van der Waals surface area contributed by atoms with Gasteiger partial charge in [-0.05, 0) is 68.3 Å². The lowest BCUT2D eigenvalue weighted by Gasteiger charge is -2.37. The van der Waals surface area contributed by atoms with Crippen LogP contribution in [0, 0.1) is 35.0 Å². The van der Waals surface area contributed by atoms with Crippen molar-refractivity contribution in [2.75, 3.05) is 0 Å². The molecular weight excluding hydrogens is 261 g/mol. The van der Waals surface area contributed by atoms with Crippen molar-refractivity contribution in [3.8, 4) is 6.07 Å². The molecule has 21 heavy (non-hydrogen) atoms. The molecule has 0 aromatic carbocycles. The summed E-state index contributed by atoms with van der Waals surface area (Å²) in [4.78, 5) is 0. The molecule has 2 aliphatic carbocycles. The van der Waals surface area contributed by atoms with Gasteiger partial charge in [0.15, 0.2) is 5.83 Å². The monoisotopic (exact) mass is 291 g/mol. The third-order valence-electron chi connectivity index (χ3n) is 5.83. The highest BCUT2D eigenvalue weighted by Gasteiger charge is 2.30. The summed E-state index contributed by atoms with van der Waals surface area (Å²) in [6.07, 6.45) is 16.1. The maximum absolute atomic E-state index is 13.0. The Morgan fingerprint density at radius 1 is 1.05 bits per heavy atom. The van der Waals surface area contributed by atoms with E-state index in [9.17, 15) is 4.39 Å². The fraction of sp³-hybridized carbons (Fsp3) is 0.842. The Morgan fingerprint density at radius 2 is 1.62 bits per heavy atom. The minimum atomic E-state index is -0.588. The smallest absolute Gasteiger partial charge is 0.195 e. The zero-order chi connectivity index (χ0) is 15.1. The molecule has 2 fully saturated rings. The van der Waals surface area contributed by atoms with Crippen LogP contribution in [0.2, 0.25) is 0 Å². The molecule has 2 rings (SSSR count). The van der Waals surface area contributed by atoms with Gasteiger partial charge in [-0.3, -0.25) is 0 Å². The molecule has 0 radical (unpaired) electrons. The lowest BCUT2D eigenvalue weighted by Crippen LogP contribution is -2.25. The van der Waals surface area contributed by atoms with Crippen molar-refractivity contribution in [1.29, 1.82) is 5.26 Å². The van der Waals surface area contributed by atoms with Crippen LogP contribution >= 0.6 is 0 Å². The number of nitrogens with zero attached hydrogens (tertiary/aromatic N) is 1. The number of nitriles is 1. The normalized spacial score (nSPS) is 34.4. The van der Waals surface area contributed by atoms with Gasteiger partial charge >= 0.3 is 0 Å². The zero-order valence-corrected chi connectivity index (χ0v) is 13.5. The lowest BCUT2D eigenvalue weighted by molar-refractivity contribution is 0.151. The van der Waals surface area contributed by atoms with Crippen molar-refractivity contribution < 1.29 is 4.39 Å². The quantitative estimate of drug-likeness (QED) is 0.556. The number of hydrogen-bond acceptors (Lipinski definition) is 1. The molecule has 0 N–H and O–H groups in total. The second-order valence-corrected chi connectivity index (χ2v) is 7.22. The van der Waals surface area contributed by atoms with Gasteiger partial charge in [-0.15, -0.1) is 0 Å². The molecule has 2 aliphatic rings. The molecule has 0 heterocycles. The average Bonchev–Trinajstić information content (AvgIpc) is 2.54. The van der Waals surface area contributed by atoms with Crippen LogP contribution in [0.25, 0.3) is 0 Å². The standard InChI is InChI=1S/C19H30FN/c1-2-3-4-15-5-9-17(10-6-15)18-11-7-16(8-12-18)13-19(20)14-21/h13,15-18H,2-12H2,1H3/t15-,16-,17-,18-. The summed E-state index contributed by atoms with van der Waals surface area (Å²) < 4.78 is 13.0. The van der Waals surface area contributed by atoms with Crippen molar-refractivity contribution in [3.05, 3.63) is 11.9 Å². The summed E-state index contributed by atoms with van der Waals surface area (Å²) in [7, 11) is 0. The van der Waals surface area contributed by atoms with Crippen LogP contribution in [0.15, 0.2) is 11.9 Å². The maximum Gasteiger partial charge on any atom is 0.196 e. The summed E-state index contributed by atoms with van der Waals surface area (Å²) in [6, 6.07) is 1.60. The third kappa shape index (κ3) is 5.13. The molecular formula is C19H30FN. The topological polar surface area (TPSA) is 23.8 Å². The van der Waals surface area contributed by atoms with E-state index >= 15 is 0 Å². The Hall–Kier alpha value is -0.840. The van der Waals surface area contributed by atoms with Crippen molar-refractivity contribution in [1.82, 2.24) is 0 Å². The Labute approximate surface area is 129 Å². The lowest BCUT2D eigenvalue weighted by atomic mass is 9.68. The van der Waals surface area contributed by atoms with Crippen LogP contribution < -0.4 is 0 Å². The van der Waals surface area contributed by atoms with Gasteiger partial charge in [0.1, 0.15) is 6.07 Å². The first-order valence-electron chi connectivity index (χ1n) is 9.00. The molecule has 0 aliphatic heterocycles. The van der Waals surface area contributed by atoms with E-state index in [0.29, 0.717) is 5.92 Å². The molecule has 0 unspecified atom stereocenters. The molecule has 0 spiro atoms. The van der Waals surface area contributed by atoms with Crippen LogP contribution in [0.3, 0.4) is 0 Å². The van der Waals surface area contributed by atoms with Crippen LogP contribution in [-0.4, -0.2) is 0 Å². The molecule has 2 saturated carbocycles. The second-order valence-electron chi connectivity index (χ2n) is 7.22. The largest absolute Gasteiger partial charge is 0.196 e. The summed E-state index contributed by atoms with van der Waals surface area (Å²) in [5, 5.41) is 8.51. The highest BCUT2D eigenvalue weighted by Crippen LogP contribution is 2.42. The van der Waals surface area contributed by atoms with Gasteiger partial charge in [0.2, 0.25) is 0 Å². The number of unbranched alkanes of at least 4 members (excludes halogenated alkanes) is 1. The molecule has 118 valence electrons. The van der Waals surface area contributed by atoms with Gasteiger partial charge in [-0.1, -0.05) is 39.0 Å². The van der Waals surface area contributed by atoms with E-state index in [-0.39, 0.29) is 0 Å². The Bertz CT molecular complexity index is 366. The van der Waals surface area contributed by atoms with Crippen molar-refractivity contribution in [2.24, 2.45) is 23.7 Å². The summed E-state index contributed by atoms with van der Waals surface area (Å²) >= 11 is 0. The molecule has 0 bridgehead atoms. The summed E-state index contributed by atoms with van der Waals surface area (Å²) in [5.74, 6) is 2.50. The molecule has 0 amide bonds. The Kier molecular flexibility index (Phi) is 6.74. The number of allylic oxidation sites excluding steroid dienone is 2. The molecule has 2 heteroatoms. The molecule has 0 aromatic rings. The predicted octanol–water partition coefficient (Wildman–Crippen LogP) is 6.17. The van der Waals surface area contributed by atoms with Gasteiger partial charge in [-0.2, -0.15) is 9.65 Å². The minimum absolute atomic E-state index is 0.307. The molecule has 1 nitrogen and oxygen atoms in total. The second kappa shape index (κ2) is 8.57.